The van der Waals surface area contributed by atoms with Crippen LogP contribution in [-0.2, 0) is 30.4 Å². The van der Waals surface area contributed by atoms with E-state index in [4.69, 9.17) is 0 Å². The second-order valence-corrected chi connectivity index (χ2v) is 8.42. The van der Waals surface area contributed by atoms with Crippen molar-refractivity contribution in [3.63, 3.8) is 0 Å². The zero-order chi connectivity index (χ0) is 21.2. The number of carboxylic acids is 1. The van der Waals surface area contributed by atoms with Gasteiger partial charge in [0.1, 0.15) is 17.4 Å². The van der Waals surface area contributed by atoms with E-state index in [1.807, 2.05) is 4.57 Å². The summed E-state index contributed by atoms with van der Waals surface area (Å²) < 4.78 is 43.1. The Morgan fingerprint density at radius 1 is 1.23 bits per heavy atom. The summed E-state index contributed by atoms with van der Waals surface area (Å²) in [5, 5.41) is 18.4. The standard InChI is InChI=1S/C20H15F3N4O2S/c1-9-25-26-15-8-24-17(11-4-2-3-5-13(11)20(21,22)23)16-12-6-10(19(28)29)7-14(12)30-18(16)27(9)15/h2-5,10H,6-8H2,1H3,(H,28,29). The number of aryl methyl sites for hydroxylation is 1. The number of aliphatic carboxylic acids is 1. The highest BCUT2D eigenvalue weighted by Crippen LogP contribution is 2.44. The van der Waals surface area contributed by atoms with E-state index in [1.54, 1.807) is 13.0 Å². The predicted octanol–water partition coefficient (Wildman–Crippen LogP) is 3.81. The van der Waals surface area contributed by atoms with Crippen LogP contribution in [0.5, 0.6) is 0 Å². The van der Waals surface area contributed by atoms with Crippen LogP contribution in [0.1, 0.15) is 38.8 Å². The number of halogens is 3. The van der Waals surface area contributed by atoms with Crippen molar-refractivity contribution in [2.45, 2.75) is 32.5 Å². The minimum atomic E-state index is -4.54. The van der Waals surface area contributed by atoms with Crippen LogP contribution >= 0.6 is 11.3 Å². The van der Waals surface area contributed by atoms with Crippen molar-refractivity contribution in [1.29, 1.82) is 0 Å². The van der Waals surface area contributed by atoms with Crippen LogP contribution < -0.4 is 0 Å². The lowest BCUT2D eigenvalue weighted by Crippen LogP contribution is -2.17. The van der Waals surface area contributed by atoms with E-state index in [9.17, 15) is 23.1 Å². The van der Waals surface area contributed by atoms with Gasteiger partial charge in [0.05, 0.1) is 17.2 Å². The van der Waals surface area contributed by atoms with Crippen molar-refractivity contribution in [2.24, 2.45) is 10.9 Å². The highest BCUT2D eigenvalue weighted by atomic mass is 32.1. The number of fused-ring (bicyclic) bond motifs is 5. The molecule has 3 aromatic rings. The minimum Gasteiger partial charge on any atom is -0.481 e. The van der Waals surface area contributed by atoms with Gasteiger partial charge in [0.2, 0.25) is 0 Å². The smallest absolute Gasteiger partial charge is 0.417 e. The van der Waals surface area contributed by atoms with Crippen molar-refractivity contribution in [2.75, 3.05) is 0 Å². The molecule has 1 unspecified atom stereocenters. The second-order valence-electron chi connectivity index (χ2n) is 7.33. The molecular formula is C20H15F3N4O2S. The summed E-state index contributed by atoms with van der Waals surface area (Å²) in [5.41, 5.74) is 0.779. The number of aliphatic imine (C=N–C) groups is 1. The third-order valence-electron chi connectivity index (χ3n) is 5.50. The molecule has 2 aliphatic rings. The Bertz CT molecular complexity index is 1230. The van der Waals surface area contributed by atoms with Crippen LogP contribution in [0.15, 0.2) is 29.3 Å². The number of alkyl halides is 3. The molecule has 154 valence electrons. The van der Waals surface area contributed by atoms with Crippen LogP contribution in [0.3, 0.4) is 0 Å². The molecular weight excluding hydrogens is 417 g/mol. The summed E-state index contributed by atoms with van der Waals surface area (Å²) in [7, 11) is 0. The van der Waals surface area contributed by atoms with Gasteiger partial charge in [-0.05, 0) is 31.4 Å². The first-order valence-electron chi connectivity index (χ1n) is 9.25. The average Bonchev–Trinajstić information content (AvgIpc) is 3.32. The van der Waals surface area contributed by atoms with Gasteiger partial charge in [0, 0.05) is 16.0 Å². The Balaban J connectivity index is 1.78. The van der Waals surface area contributed by atoms with E-state index < -0.39 is 23.6 Å². The number of rotatable bonds is 2. The van der Waals surface area contributed by atoms with Gasteiger partial charge in [0.25, 0.3) is 0 Å². The van der Waals surface area contributed by atoms with Gasteiger partial charge in [0.15, 0.2) is 5.82 Å². The fourth-order valence-electron chi connectivity index (χ4n) is 4.16. The molecule has 1 aliphatic carbocycles. The first-order valence-corrected chi connectivity index (χ1v) is 10.1. The summed E-state index contributed by atoms with van der Waals surface area (Å²) in [6.45, 7) is 1.86. The van der Waals surface area contributed by atoms with Crippen molar-refractivity contribution in [3.05, 3.63) is 63.0 Å². The Hall–Kier alpha value is -3.01. The lowest BCUT2D eigenvalue weighted by atomic mass is 9.94. The van der Waals surface area contributed by atoms with Gasteiger partial charge in [-0.15, -0.1) is 21.5 Å². The summed E-state index contributed by atoms with van der Waals surface area (Å²) in [4.78, 5) is 17.0. The third-order valence-corrected chi connectivity index (χ3v) is 6.74. The quantitative estimate of drug-likeness (QED) is 0.668. The summed E-state index contributed by atoms with van der Waals surface area (Å²) in [5.74, 6) is -0.332. The molecule has 2 aromatic heterocycles. The number of nitrogens with zero attached hydrogens (tertiary/aromatic N) is 4. The number of aromatic nitrogens is 3. The van der Waals surface area contributed by atoms with Crippen molar-refractivity contribution in [3.8, 4) is 5.00 Å². The number of carbonyl (C=O) groups is 1. The predicted molar refractivity (Wildman–Crippen MR) is 103 cm³/mol. The fourth-order valence-corrected chi connectivity index (χ4v) is 5.63. The minimum absolute atomic E-state index is 0.0120. The fraction of sp³-hybridized carbons (Fsp3) is 0.300. The molecule has 0 bridgehead atoms. The van der Waals surface area contributed by atoms with Crippen LogP contribution in [0.2, 0.25) is 0 Å². The largest absolute Gasteiger partial charge is 0.481 e. The van der Waals surface area contributed by atoms with Crippen molar-refractivity contribution < 1.29 is 23.1 Å². The zero-order valence-corrected chi connectivity index (χ0v) is 16.5. The Morgan fingerprint density at radius 2 is 2.00 bits per heavy atom. The normalized spacial score (nSPS) is 17.7. The van der Waals surface area contributed by atoms with Crippen LogP contribution in [0.25, 0.3) is 5.00 Å². The van der Waals surface area contributed by atoms with Crippen LogP contribution in [0, 0.1) is 12.8 Å². The number of carboxylic acid groups (broad SMARTS) is 1. The molecule has 1 aliphatic heterocycles. The van der Waals surface area contributed by atoms with Gasteiger partial charge in [-0.3, -0.25) is 14.4 Å². The first-order chi connectivity index (χ1) is 14.3. The lowest BCUT2D eigenvalue weighted by molar-refractivity contribution is -0.141. The molecule has 0 radical (unpaired) electrons. The topological polar surface area (TPSA) is 80.4 Å². The van der Waals surface area contributed by atoms with Gasteiger partial charge < -0.3 is 5.11 Å². The third kappa shape index (κ3) is 2.78. The van der Waals surface area contributed by atoms with Crippen LogP contribution in [0.4, 0.5) is 13.2 Å². The van der Waals surface area contributed by atoms with Crippen molar-refractivity contribution in [1.82, 2.24) is 14.8 Å². The Morgan fingerprint density at radius 3 is 2.73 bits per heavy atom. The molecule has 30 heavy (non-hydrogen) atoms. The first kappa shape index (κ1) is 19.0. The zero-order valence-electron chi connectivity index (χ0n) is 15.7. The SMILES string of the molecule is Cc1nnc2n1-c1sc3c(c1C(c1ccccc1C(F)(F)F)=NC2)CC(C(=O)O)C3. The summed E-state index contributed by atoms with van der Waals surface area (Å²) in [6.07, 6.45) is -3.92. The molecule has 0 saturated carbocycles. The van der Waals surface area contributed by atoms with Gasteiger partial charge in [-0.1, -0.05) is 18.2 Å². The van der Waals surface area contributed by atoms with Gasteiger partial charge in [-0.2, -0.15) is 13.2 Å². The van der Waals surface area contributed by atoms with Gasteiger partial charge >= 0.3 is 12.1 Å². The highest BCUT2D eigenvalue weighted by molar-refractivity contribution is 7.15. The van der Waals surface area contributed by atoms with E-state index in [2.05, 4.69) is 15.2 Å². The summed E-state index contributed by atoms with van der Waals surface area (Å²) in [6, 6.07) is 5.36. The maximum atomic E-state index is 13.8. The molecule has 10 heteroatoms. The Kier molecular flexibility index (Phi) is 4.11. The van der Waals surface area contributed by atoms with Crippen LogP contribution in [-0.4, -0.2) is 31.6 Å². The maximum Gasteiger partial charge on any atom is 0.417 e. The number of benzene rings is 1. The lowest BCUT2D eigenvalue weighted by Gasteiger charge is -2.16. The molecule has 0 spiro atoms. The highest BCUT2D eigenvalue weighted by Gasteiger charge is 2.39. The maximum absolute atomic E-state index is 13.8. The number of hydrogen-bond acceptors (Lipinski definition) is 5. The van der Waals surface area contributed by atoms with Gasteiger partial charge in [-0.25, -0.2) is 0 Å². The van der Waals surface area contributed by atoms with Crippen molar-refractivity contribution >= 4 is 23.0 Å². The van der Waals surface area contributed by atoms with E-state index in [0.717, 1.165) is 16.5 Å². The molecule has 5 rings (SSSR count). The average molecular weight is 432 g/mol. The molecule has 0 amide bonds. The monoisotopic (exact) mass is 432 g/mol. The molecule has 0 saturated heterocycles. The molecule has 1 atom stereocenters. The number of thiophene rings is 1. The number of hydrogen-bond donors (Lipinski definition) is 1. The second kappa shape index (κ2) is 6.49. The molecule has 1 aromatic carbocycles. The van der Waals surface area contributed by atoms with E-state index in [1.165, 1.54) is 23.5 Å². The Labute approximate surface area is 172 Å². The molecule has 0 fully saturated rings. The van der Waals surface area contributed by atoms with E-state index in [-0.39, 0.29) is 24.2 Å². The van der Waals surface area contributed by atoms with E-state index in [0.29, 0.717) is 28.6 Å². The molecule has 6 nitrogen and oxygen atoms in total. The molecule has 1 N–H and O–H groups in total. The van der Waals surface area contributed by atoms with E-state index >= 15 is 0 Å². The summed E-state index contributed by atoms with van der Waals surface area (Å²) >= 11 is 1.39. The molecule has 3 heterocycles.